The number of para-hydroxylation sites is 1. The van der Waals surface area contributed by atoms with Gasteiger partial charge in [0.2, 0.25) is 5.91 Å². The third-order valence-electron chi connectivity index (χ3n) is 3.80. The van der Waals surface area contributed by atoms with E-state index in [1.54, 1.807) is 40.2 Å². The molecule has 2 amide bonds. The minimum Gasteiger partial charge on any atom is -0.450 e. The molecule has 1 saturated heterocycles. The lowest BCUT2D eigenvalue weighted by atomic mass is 10.3. The van der Waals surface area contributed by atoms with Crippen molar-refractivity contribution in [3.05, 3.63) is 35.3 Å². The van der Waals surface area contributed by atoms with E-state index in [4.69, 9.17) is 4.74 Å². The molecule has 1 aromatic heterocycles. The molecule has 0 bridgehead atoms. The van der Waals surface area contributed by atoms with Crippen molar-refractivity contribution >= 4 is 39.6 Å². The Bertz CT molecular complexity index is 730. The van der Waals surface area contributed by atoms with Crippen molar-refractivity contribution < 1.29 is 14.3 Å². The molecule has 3 rings (SSSR count). The summed E-state index contributed by atoms with van der Waals surface area (Å²) < 4.78 is 6.08. The number of hydrogen-bond acceptors (Lipinski definition) is 5. The molecule has 2 heterocycles. The molecule has 7 heteroatoms. The maximum Gasteiger partial charge on any atom is 0.409 e. The van der Waals surface area contributed by atoms with Gasteiger partial charge < -0.3 is 14.5 Å². The van der Waals surface area contributed by atoms with Crippen LogP contribution in [-0.4, -0.2) is 59.6 Å². The number of fused-ring (bicyclic) bond motifs is 1. The number of benzene rings is 1. The van der Waals surface area contributed by atoms with E-state index >= 15 is 0 Å². The lowest BCUT2D eigenvalue weighted by Gasteiger charge is -2.33. The molecule has 0 unspecified atom stereocenters. The van der Waals surface area contributed by atoms with Gasteiger partial charge in [-0.3, -0.25) is 4.79 Å². The summed E-state index contributed by atoms with van der Waals surface area (Å²) in [7, 11) is 0. The number of rotatable bonds is 3. The first-order valence-corrected chi connectivity index (χ1v) is 8.73. The summed E-state index contributed by atoms with van der Waals surface area (Å²) in [4.78, 5) is 31.8. The molecule has 0 spiro atoms. The van der Waals surface area contributed by atoms with E-state index in [1.807, 2.05) is 24.3 Å². The number of carbonyl (C=O) groups is 2. The van der Waals surface area contributed by atoms with Crippen molar-refractivity contribution in [2.24, 2.45) is 0 Å². The van der Waals surface area contributed by atoms with Crippen LogP contribution in [0, 0.1) is 0 Å². The highest BCUT2D eigenvalue weighted by Gasteiger charge is 2.23. The minimum absolute atomic E-state index is 0.0576. The summed E-state index contributed by atoms with van der Waals surface area (Å²) in [6, 6.07) is 7.90. The van der Waals surface area contributed by atoms with E-state index in [0.29, 0.717) is 32.8 Å². The lowest BCUT2D eigenvalue weighted by molar-refractivity contribution is -0.127. The fraction of sp³-hybridized carbons (Fsp3) is 0.353. The highest BCUT2D eigenvalue weighted by Crippen LogP contribution is 2.22. The molecule has 0 atom stereocenters. The Kier molecular flexibility index (Phi) is 5.10. The van der Waals surface area contributed by atoms with Crippen LogP contribution in [0.2, 0.25) is 0 Å². The highest BCUT2D eigenvalue weighted by atomic mass is 32.1. The predicted molar refractivity (Wildman–Crippen MR) is 93.8 cm³/mol. The monoisotopic (exact) mass is 345 g/mol. The SMILES string of the molecule is CCOC(=O)N1CCN(C(=O)C=Cc2nc3ccccc3s2)CC1. The van der Waals surface area contributed by atoms with Crippen LogP contribution < -0.4 is 0 Å². The van der Waals surface area contributed by atoms with Gasteiger partial charge in [-0.25, -0.2) is 9.78 Å². The number of piperazine rings is 1. The first kappa shape index (κ1) is 16.4. The number of thiazole rings is 1. The molecule has 126 valence electrons. The van der Waals surface area contributed by atoms with Gasteiger partial charge in [0, 0.05) is 32.3 Å². The van der Waals surface area contributed by atoms with Gasteiger partial charge in [-0.05, 0) is 25.1 Å². The summed E-state index contributed by atoms with van der Waals surface area (Å²) in [6.45, 7) is 4.18. The molecule has 1 fully saturated rings. The quantitative estimate of drug-likeness (QED) is 0.802. The number of aromatic nitrogens is 1. The predicted octanol–water partition coefficient (Wildman–Crippen LogP) is 2.61. The van der Waals surface area contributed by atoms with Crippen molar-refractivity contribution in [1.82, 2.24) is 14.8 Å². The molecule has 0 N–H and O–H groups in total. The molecule has 24 heavy (non-hydrogen) atoms. The number of hydrogen-bond donors (Lipinski definition) is 0. The van der Waals surface area contributed by atoms with E-state index in [0.717, 1.165) is 15.2 Å². The second-order valence-corrected chi connectivity index (χ2v) is 6.43. The zero-order valence-electron chi connectivity index (χ0n) is 13.5. The number of nitrogens with zero attached hydrogens (tertiary/aromatic N) is 3. The first-order valence-electron chi connectivity index (χ1n) is 7.91. The molecular formula is C17H19N3O3S. The Hall–Kier alpha value is -2.41. The van der Waals surface area contributed by atoms with Gasteiger partial charge >= 0.3 is 6.09 Å². The van der Waals surface area contributed by atoms with Crippen LogP contribution >= 0.6 is 11.3 Å². The third kappa shape index (κ3) is 3.73. The van der Waals surface area contributed by atoms with Crippen LogP contribution in [0.15, 0.2) is 30.3 Å². The molecule has 2 aromatic rings. The number of ether oxygens (including phenoxy) is 1. The molecule has 1 aliphatic heterocycles. The fourth-order valence-electron chi connectivity index (χ4n) is 2.53. The normalized spacial score (nSPS) is 15.2. The second kappa shape index (κ2) is 7.44. The van der Waals surface area contributed by atoms with Gasteiger partial charge in [0.25, 0.3) is 0 Å². The zero-order valence-corrected chi connectivity index (χ0v) is 14.3. The average molecular weight is 345 g/mol. The Morgan fingerprint density at radius 1 is 1.21 bits per heavy atom. The smallest absolute Gasteiger partial charge is 0.409 e. The average Bonchev–Trinajstić information content (AvgIpc) is 3.03. The third-order valence-corrected chi connectivity index (χ3v) is 4.80. The topological polar surface area (TPSA) is 62.7 Å². The van der Waals surface area contributed by atoms with Crippen molar-refractivity contribution in [3.8, 4) is 0 Å². The van der Waals surface area contributed by atoms with Crippen LogP contribution in [0.3, 0.4) is 0 Å². The summed E-state index contributed by atoms with van der Waals surface area (Å²) in [5.41, 5.74) is 0.942. The van der Waals surface area contributed by atoms with Crippen LogP contribution in [-0.2, 0) is 9.53 Å². The van der Waals surface area contributed by atoms with Gasteiger partial charge in [0.1, 0.15) is 5.01 Å². The van der Waals surface area contributed by atoms with Crippen molar-refractivity contribution in [2.45, 2.75) is 6.92 Å². The lowest BCUT2D eigenvalue weighted by Crippen LogP contribution is -2.50. The van der Waals surface area contributed by atoms with Gasteiger partial charge in [-0.15, -0.1) is 11.3 Å². The van der Waals surface area contributed by atoms with Crippen molar-refractivity contribution in [1.29, 1.82) is 0 Å². The zero-order chi connectivity index (χ0) is 16.9. The van der Waals surface area contributed by atoms with Gasteiger partial charge in [0.05, 0.1) is 16.8 Å². The van der Waals surface area contributed by atoms with Crippen LogP contribution in [0.1, 0.15) is 11.9 Å². The second-order valence-electron chi connectivity index (χ2n) is 5.36. The summed E-state index contributed by atoms with van der Waals surface area (Å²) in [5.74, 6) is -0.0576. The maximum atomic E-state index is 12.3. The van der Waals surface area contributed by atoms with Crippen LogP contribution in [0.4, 0.5) is 4.79 Å². The summed E-state index contributed by atoms with van der Waals surface area (Å²) >= 11 is 1.56. The standard InChI is InChI=1S/C17H19N3O3S/c1-2-23-17(22)20-11-9-19(10-12-20)16(21)8-7-15-18-13-5-3-4-6-14(13)24-15/h3-8H,2,9-12H2,1H3. The number of amides is 2. The van der Waals surface area contributed by atoms with Crippen LogP contribution in [0.5, 0.6) is 0 Å². The van der Waals surface area contributed by atoms with Gasteiger partial charge in [-0.1, -0.05) is 12.1 Å². The van der Waals surface area contributed by atoms with E-state index in [-0.39, 0.29) is 12.0 Å². The maximum absolute atomic E-state index is 12.3. The van der Waals surface area contributed by atoms with E-state index < -0.39 is 0 Å². The van der Waals surface area contributed by atoms with Gasteiger partial charge in [-0.2, -0.15) is 0 Å². The first-order chi connectivity index (χ1) is 11.7. The Balaban J connectivity index is 1.56. The van der Waals surface area contributed by atoms with E-state index in [1.165, 1.54) is 0 Å². The Morgan fingerprint density at radius 3 is 2.62 bits per heavy atom. The molecule has 6 nitrogen and oxygen atoms in total. The molecule has 0 radical (unpaired) electrons. The molecule has 0 aliphatic carbocycles. The molecule has 0 saturated carbocycles. The summed E-state index contributed by atoms with van der Waals surface area (Å²) in [6.07, 6.45) is 3.00. The molecule has 1 aromatic carbocycles. The van der Waals surface area contributed by atoms with Crippen molar-refractivity contribution in [3.63, 3.8) is 0 Å². The van der Waals surface area contributed by atoms with Crippen molar-refractivity contribution in [2.75, 3.05) is 32.8 Å². The molecule has 1 aliphatic rings. The largest absolute Gasteiger partial charge is 0.450 e. The summed E-state index contributed by atoms with van der Waals surface area (Å²) in [5, 5.41) is 0.815. The fourth-order valence-corrected chi connectivity index (χ4v) is 3.40. The van der Waals surface area contributed by atoms with E-state index in [2.05, 4.69) is 4.98 Å². The Morgan fingerprint density at radius 2 is 1.92 bits per heavy atom. The minimum atomic E-state index is -0.311. The molecular weight excluding hydrogens is 326 g/mol. The highest BCUT2D eigenvalue weighted by molar-refractivity contribution is 7.19. The van der Waals surface area contributed by atoms with Crippen LogP contribution in [0.25, 0.3) is 16.3 Å². The Labute approximate surface area is 144 Å². The van der Waals surface area contributed by atoms with E-state index in [9.17, 15) is 9.59 Å². The number of carbonyl (C=O) groups excluding carboxylic acids is 2. The van der Waals surface area contributed by atoms with Gasteiger partial charge in [0.15, 0.2) is 0 Å².